The molecule has 3 heterocycles. The summed E-state index contributed by atoms with van der Waals surface area (Å²) >= 11 is 0. The van der Waals surface area contributed by atoms with Crippen molar-refractivity contribution in [1.82, 2.24) is 15.1 Å². The van der Waals surface area contributed by atoms with Crippen LogP contribution in [0.15, 0.2) is 18.2 Å². The van der Waals surface area contributed by atoms with Gasteiger partial charge in [0.05, 0.1) is 19.3 Å². The van der Waals surface area contributed by atoms with E-state index in [1.165, 1.54) is 5.56 Å². The molecule has 4 rings (SSSR count). The van der Waals surface area contributed by atoms with Crippen molar-refractivity contribution in [3.63, 3.8) is 0 Å². The first kappa shape index (κ1) is 17.1. The smallest absolute Gasteiger partial charge is 0.320 e. The number of amides is 3. The van der Waals surface area contributed by atoms with Gasteiger partial charge in [0.25, 0.3) is 0 Å². The molecule has 0 spiro atoms. The van der Waals surface area contributed by atoms with Gasteiger partial charge in [-0.1, -0.05) is 12.1 Å². The molecule has 1 unspecified atom stereocenters. The lowest BCUT2D eigenvalue weighted by Gasteiger charge is -2.46. The topological polar surface area (TPSA) is 71.1 Å². The molecule has 0 aliphatic carbocycles. The number of morpholine rings is 1. The van der Waals surface area contributed by atoms with Crippen molar-refractivity contribution in [2.45, 2.75) is 31.4 Å². The normalized spacial score (nSPS) is 26.0. The third-order valence-corrected chi connectivity index (χ3v) is 5.65. The highest BCUT2D eigenvalue weighted by atomic mass is 16.5. The Bertz CT molecular complexity index is 717. The second-order valence-corrected chi connectivity index (χ2v) is 7.37. The Labute approximate surface area is 153 Å². The molecule has 140 valence electrons. The number of fused-ring (bicyclic) bond motifs is 1. The zero-order valence-corrected chi connectivity index (χ0v) is 15.2. The molecule has 0 aromatic heterocycles. The minimum absolute atomic E-state index is 0.0286. The van der Waals surface area contributed by atoms with Crippen LogP contribution >= 0.6 is 0 Å². The standard InChI is InChI=1S/C19H25N3O4/c1-12-3-4-13(7-17(12)25-2)14-8-22(9-14)19(24)21-6-5-16-15(10-21)20-18(23)11-26-16/h3-4,7,14-16H,5-6,8-11H2,1-2H3,(H,20,23)/t15?,16-/m0/s1. The predicted octanol–water partition coefficient (Wildman–Crippen LogP) is 1.11. The maximum absolute atomic E-state index is 12.8. The van der Waals surface area contributed by atoms with Crippen molar-refractivity contribution in [2.75, 3.05) is 39.9 Å². The number of piperidine rings is 1. The van der Waals surface area contributed by atoms with Crippen LogP contribution in [-0.2, 0) is 9.53 Å². The number of carbonyl (C=O) groups is 2. The first-order valence-electron chi connectivity index (χ1n) is 9.14. The lowest BCUT2D eigenvalue weighted by Crippen LogP contribution is -2.63. The molecule has 0 bridgehead atoms. The van der Waals surface area contributed by atoms with Gasteiger partial charge >= 0.3 is 6.03 Å². The van der Waals surface area contributed by atoms with E-state index in [1.54, 1.807) is 7.11 Å². The number of hydrogen-bond donors (Lipinski definition) is 1. The Morgan fingerprint density at radius 1 is 1.27 bits per heavy atom. The summed E-state index contributed by atoms with van der Waals surface area (Å²) in [6.07, 6.45) is 0.796. The van der Waals surface area contributed by atoms with Crippen LogP contribution < -0.4 is 10.1 Å². The average molecular weight is 359 g/mol. The van der Waals surface area contributed by atoms with Gasteiger partial charge in [-0.3, -0.25) is 4.79 Å². The molecule has 7 nitrogen and oxygen atoms in total. The second kappa shape index (κ2) is 6.79. The Hall–Kier alpha value is -2.28. The van der Waals surface area contributed by atoms with Crippen molar-refractivity contribution < 1.29 is 19.1 Å². The molecule has 3 aliphatic rings. The van der Waals surface area contributed by atoms with Crippen molar-refractivity contribution >= 4 is 11.9 Å². The second-order valence-electron chi connectivity index (χ2n) is 7.37. The van der Waals surface area contributed by atoms with Gasteiger partial charge in [0.1, 0.15) is 12.4 Å². The molecule has 3 aliphatic heterocycles. The fourth-order valence-electron chi connectivity index (χ4n) is 4.01. The minimum atomic E-state index is -0.0992. The Morgan fingerprint density at radius 3 is 2.85 bits per heavy atom. The van der Waals surface area contributed by atoms with Gasteiger partial charge in [-0.05, 0) is 30.5 Å². The molecular weight excluding hydrogens is 334 g/mol. The van der Waals surface area contributed by atoms with E-state index in [9.17, 15) is 9.59 Å². The van der Waals surface area contributed by atoms with Crippen molar-refractivity contribution in [3.8, 4) is 5.75 Å². The number of nitrogens with zero attached hydrogens (tertiary/aromatic N) is 2. The highest BCUT2D eigenvalue weighted by Crippen LogP contribution is 2.32. The van der Waals surface area contributed by atoms with Gasteiger partial charge in [0, 0.05) is 32.1 Å². The summed E-state index contributed by atoms with van der Waals surface area (Å²) in [6.45, 7) is 4.79. The first-order chi connectivity index (χ1) is 12.5. The molecule has 1 aromatic rings. The van der Waals surface area contributed by atoms with Crippen LogP contribution in [0.1, 0.15) is 23.5 Å². The predicted molar refractivity (Wildman–Crippen MR) is 95.3 cm³/mol. The van der Waals surface area contributed by atoms with Crippen LogP contribution in [-0.4, -0.2) is 73.8 Å². The highest BCUT2D eigenvalue weighted by molar-refractivity contribution is 5.79. The quantitative estimate of drug-likeness (QED) is 0.859. The van der Waals surface area contributed by atoms with Crippen LogP contribution in [0, 0.1) is 6.92 Å². The molecule has 3 saturated heterocycles. The van der Waals surface area contributed by atoms with Gasteiger partial charge in [0.2, 0.25) is 5.91 Å². The lowest BCUT2D eigenvalue weighted by molar-refractivity contribution is -0.139. The molecule has 1 aromatic carbocycles. The molecule has 1 N–H and O–H groups in total. The van der Waals surface area contributed by atoms with Crippen LogP contribution in [0.5, 0.6) is 5.75 Å². The van der Waals surface area contributed by atoms with E-state index < -0.39 is 0 Å². The summed E-state index contributed by atoms with van der Waals surface area (Å²) in [7, 11) is 1.68. The molecule has 26 heavy (non-hydrogen) atoms. The number of urea groups is 1. The largest absolute Gasteiger partial charge is 0.496 e. The summed E-state index contributed by atoms with van der Waals surface area (Å²) in [5.74, 6) is 1.14. The molecule has 3 amide bonds. The molecule has 0 radical (unpaired) electrons. The highest BCUT2D eigenvalue weighted by Gasteiger charge is 2.40. The number of hydrogen-bond acceptors (Lipinski definition) is 4. The van der Waals surface area contributed by atoms with Crippen LogP contribution in [0.3, 0.4) is 0 Å². The number of benzene rings is 1. The summed E-state index contributed by atoms with van der Waals surface area (Å²) in [5, 5.41) is 2.94. The van der Waals surface area contributed by atoms with Crippen LogP contribution in [0.4, 0.5) is 4.79 Å². The molecule has 0 saturated carbocycles. The number of nitrogens with one attached hydrogen (secondary N) is 1. The number of carbonyl (C=O) groups excluding carboxylic acids is 2. The third-order valence-electron chi connectivity index (χ3n) is 5.65. The van der Waals surface area contributed by atoms with Crippen LogP contribution in [0.25, 0.3) is 0 Å². The SMILES string of the molecule is COc1cc(C2CN(C(=O)N3CC[C@@H]4OCC(=O)NC4C3)C2)ccc1C. The third kappa shape index (κ3) is 3.11. The fraction of sp³-hybridized carbons (Fsp3) is 0.579. The Balaban J connectivity index is 1.34. The van der Waals surface area contributed by atoms with Crippen molar-refractivity contribution in [1.29, 1.82) is 0 Å². The van der Waals surface area contributed by atoms with E-state index in [0.29, 0.717) is 19.0 Å². The maximum Gasteiger partial charge on any atom is 0.320 e. The van der Waals surface area contributed by atoms with E-state index in [2.05, 4.69) is 23.5 Å². The van der Waals surface area contributed by atoms with E-state index in [-0.39, 0.29) is 30.7 Å². The number of aryl methyl sites for hydroxylation is 1. The van der Waals surface area contributed by atoms with Crippen molar-refractivity contribution in [3.05, 3.63) is 29.3 Å². The molecular formula is C19H25N3O4. The van der Waals surface area contributed by atoms with Crippen molar-refractivity contribution in [2.24, 2.45) is 0 Å². The van der Waals surface area contributed by atoms with Gasteiger partial charge in [-0.25, -0.2) is 4.79 Å². The van der Waals surface area contributed by atoms with Gasteiger partial charge < -0.3 is 24.6 Å². The number of likely N-dealkylation sites (tertiary alicyclic amines) is 2. The summed E-state index contributed by atoms with van der Waals surface area (Å²) in [5.41, 5.74) is 2.33. The minimum Gasteiger partial charge on any atom is -0.496 e. The average Bonchev–Trinajstić information content (AvgIpc) is 2.61. The Morgan fingerprint density at radius 2 is 2.08 bits per heavy atom. The molecule has 7 heteroatoms. The monoisotopic (exact) mass is 359 g/mol. The van der Waals surface area contributed by atoms with E-state index in [1.807, 2.05) is 16.7 Å². The zero-order valence-electron chi connectivity index (χ0n) is 15.2. The van der Waals surface area contributed by atoms with Gasteiger partial charge in [-0.2, -0.15) is 0 Å². The zero-order chi connectivity index (χ0) is 18.3. The molecule has 3 fully saturated rings. The summed E-state index contributed by atoms with van der Waals surface area (Å²) < 4.78 is 11.0. The maximum atomic E-state index is 12.8. The first-order valence-corrected chi connectivity index (χ1v) is 9.14. The van der Waals surface area contributed by atoms with E-state index in [0.717, 1.165) is 30.8 Å². The van der Waals surface area contributed by atoms with Crippen LogP contribution in [0.2, 0.25) is 0 Å². The summed E-state index contributed by atoms with van der Waals surface area (Å²) in [6, 6.07) is 6.22. The number of rotatable bonds is 2. The number of methoxy groups -OCH3 is 1. The van der Waals surface area contributed by atoms with E-state index >= 15 is 0 Å². The fourth-order valence-corrected chi connectivity index (χ4v) is 4.01. The van der Waals surface area contributed by atoms with E-state index in [4.69, 9.17) is 9.47 Å². The summed E-state index contributed by atoms with van der Waals surface area (Å²) in [4.78, 5) is 28.0. The van der Waals surface area contributed by atoms with Gasteiger partial charge in [-0.15, -0.1) is 0 Å². The number of ether oxygens (including phenoxy) is 2. The molecule has 2 atom stereocenters. The Kier molecular flexibility index (Phi) is 4.48. The lowest BCUT2D eigenvalue weighted by atomic mass is 9.90. The van der Waals surface area contributed by atoms with Gasteiger partial charge in [0.15, 0.2) is 0 Å².